The van der Waals surface area contributed by atoms with Crippen LogP contribution in [-0.2, 0) is 11.0 Å². The molecule has 0 unspecified atom stereocenters. The first-order valence-electron chi connectivity index (χ1n) is 7.54. The molecular formula is C17H9ClF3N3O3S. The molecule has 0 saturated carbocycles. The maximum absolute atomic E-state index is 12.9. The average Bonchev–Trinajstić information content (AvgIpc) is 2.95. The first-order valence-corrected chi connectivity index (χ1v) is 8.74. The van der Waals surface area contributed by atoms with Gasteiger partial charge in [0.2, 0.25) is 0 Å². The second-order valence-electron chi connectivity index (χ2n) is 5.49. The summed E-state index contributed by atoms with van der Waals surface area (Å²) in [6.45, 7) is 0. The summed E-state index contributed by atoms with van der Waals surface area (Å²) < 4.78 is 38.8. The van der Waals surface area contributed by atoms with Crippen molar-refractivity contribution in [1.29, 1.82) is 0 Å². The van der Waals surface area contributed by atoms with Crippen LogP contribution in [0.3, 0.4) is 0 Å². The average molecular weight is 428 g/mol. The largest absolute Gasteiger partial charge is 0.417 e. The zero-order chi connectivity index (χ0) is 20.5. The zero-order valence-electron chi connectivity index (χ0n) is 13.7. The molecule has 3 rings (SSSR count). The predicted molar refractivity (Wildman–Crippen MR) is 100 cm³/mol. The number of carbonyl (C=O) groups is 1. The number of hydrogen-bond donors (Lipinski definition) is 1. The van der Waals surface area contributed by atoms with Gasteiger partial charge in [0.1, 0.15) is 0 Å². The quantitative estimate of drug-likeness (QED) is 0.416. The summed E-state index contributed by atoms with van der Waals surface area (Å²) in [5.41, 5.74) is -0.574. The number of aliphatic imine (C=N–C) groups is 1. The molecule has 1 saturated heterocycles. The van der Waals surface area contributed by atoms with Crippen LogP contribution in [0.15, 0.2) is 52.4 Å². The number of thioether (sulfide) groups is 1. The lowest BCUT2D eigenvalue weighted by Crippen LogP contribution is -2.19. The van der Waals surface area contributed by atoms with E-state index in [2.05, 4.69) is 10.3 Å². The summed E-state index contributed by atoms with van der Waals surface area (Å²) in [6.07, 6.45) is -3.13. The molecule has 1 amide bonds. The van der Waals surface area contributed by atoms with E-state index < -0.39 is 27.6 Å². The van der Waals surface area contributed by atoms with Crippen LogP contribution < -0.4 is 5.32 Å². The van der Waals surface area contributed by atoms with Gasteiger partial charge in [-0.2, -0.15) is 13.2 Å². The number of nitro groups is 1. The van der Waals surface area contributed by atoms with E-state index in [1.54, 1.807) is 0 Å². The van der Waals surface area contributed by atoms with Crippen molar-refractivity contribution in [3.8, 4) is 0 Å². The van der Waals surface area contributed by atoms with Gasteiger partial charge >= 0.3 is 6.18 Å². The molecule has 2 aromatic carbocycles. The first kappa shape index (κ1) is 19.9. The number of halogens is 4. The number of amidine groups is 1. The monoisotopic (exact) mass is 427 g/mol. The molecule has 11 heteroatoms. The summed E-state index contributed by atoms with van der Waals surface area (Å²) in [4.78, 5) is 26.4. The number of nitrogens with zero attached hydrogens (tertiary/aromatic N) is 2. The molecule has 0 atom stereocenters. The number of carbonyl (C=O) groups excluding carboxylic acids is 1. The Labute approximate surface area is 165 Å². The lowest BCUT2D eigenvalue weighted by atomic mass is 10.2. The number of non-ortho nitro benzene ring substituents is 1. The van der Waals surface area contributed by atoms with E-state index in [0.717, 1.165) is 23.9 Å². The first-order chi connectivity index (χ1) is 13.1. The van der Waals surface area contributed by atoms with Gasteiger partial charge in [-0.05, 0) is 53.7 Å². The van der Waals surface area contributed by atoms with E-state index >= 15 is 0 Å². The minimum atomic E-state index is -4.62. The van der Waals surface area contributed by atoms with E-state index in [4.69, 9.17) is 11.6 Å². The van der Waals surface area contributed by atoms with Gasteiger partial charge in [0.15, 0.2) is 5.17 Å². The van der Waals surface area contributed by atoms with Gasteiger partial charge in [-0.3, -0.25) is 14.9 Å². The second kappa shape index (κ2) is 7.64. The lowest BCUT2D eigenvalue weighted by Gasteiger charge is -2.09. The number of nitro benzene ring substituents is 1. The van der Waals surface area contributed by atoms with Crippen molar-refractivity contribution in [2.75, 3.05) is 0 Å². The van der Waals surface area contributed by atoms with E-state index in [9.17, 15) is 28.1 Å². The topological polar surface area (TPSA) is 84.6 Å². The highest BCUT2D eigenvalue weighted by atomic mass is 35.5. The lowest BCUT2D eigenvalue weighted by molar-refractivity contribution is -0.384. The highest BCUT2D eigenvalue weighted by Crippen LogP contribution is 2.37. The molecule has 6 nitrogen and oxygen atoms in total. The molecule has 0 aliphatic carbocycles. The highest BCUT2D eigenvalue weighted by Gasteiger charge is 2.33. The number of nitrogens with one attached hydrogen (secondary N) is 1. The van der Waals surface area contributed by atoms with E-state index in [1.165, 1.54) is 36.4 Å². The standard InChI is InChI=1S/C17H9ClF3N3O3S/c18-13-6-3-10(8-12(13)17(19,20)21)22-16-23-15(25)14(28-16)7-9-1-4-11(5-2-9)24(26)27/h1-8H,(H,22,23,25). The molecule has 144 valence electrons. The van der Waals surface area contributed by atoms with Gasteiger partial charge in [-0.1, -0.05) is 11.6 Å². The van der Waals surface area contributed by atoms with Crippen LogP contribution in [0.25, 0.3) is 6.08 Å². The number of amides is 1. The smallest absolute Gasteiger partial charge is 0.300 e. The summed E-state index contributed by atoms with van der Waals surface area (Å²) in [5.74, 6) is -0.480. The van der Waals surface area contributed by atoms with Gasteiger partial charge in [0, 0.05) is 12.1 Å². The van der Waals surface area contributed by atoms with Crippen LogP contribution in [0.4, 0.5) is 24.5 Å². The van der Waals surface area contributed by atoms with Crippen LogP contribution in [0.5, 0.6) is 0 Å². The fraction of sp³-hybridized carbons (Fsp3) is 0.0588. The summed E-state index contributed by atoms with van der Waals surface area (Å²) >= 11 is 6.51. The van der Waals surface area contributed by atoms with Crippen molar-refractivity contribution in [2.45, 2.75) is 6.18 Å². The van der Waals surface area contributed by atoms with Crippen molar-refractivity contribution in [3.63, 3.8) is 0 Å². The Morgan fingerprint density at radius 3 is 2.46 bits per heavy atom. The normalized spacial score (nSPS) is 17.2. The number of alkyl halides is 3. The van der Waals surface area contributed by atoms with Gasteiger partial charge in [-0.15, -0.1) is 0 Å². The Kier molecular flexibility index (Phi) is 5.43. The Bertz CT molecular complexity index is 1020. The van der Waals surface area contributed by atoms with E-state index in [0.29, 0.717) is 5.56 Å². The molecule has 0 radical (unpaired) electrons. The fourth-order valence-corrected chi connectivity index (χ4v) is 3.31. The molecule has 2 aromatic rings. The second-order valence-corrected chi connectivity index (χ2v) is 6.93. The van der Waals surface area contributed by atoms with Crippen molar-refractivity contribution in [1.82, 2.24) is 5.32 Å². The van der Waals surface area contributed by atoms with Crippen molar-refractivity contribution >= 4 is 51.9 Å². The highest BCUT2D eigenvalue weighted by molar-refractivity contribution is 8.18. The zero-order valence-corrected chi connectivity index (χ0v) is 15.2. The van der Waals surface area contributed by atoms with Gasteiger partial charge < -0.3 is 5.32 Å². The fourth-order valence-electron chi connectivity index (χ4n) is 2.24. The Morgan fingerprint density at radius 2 is 1.86 bits per heavy atom. The van der Waals surface area contributed by atoms with Crippen molar-refractivity contribution in [3.05, 3.63) is 73.6 Å². The molecular weight excluding hydrogens is 419 g/mol. The molecule has 1 aliphatic rings. The van der Waals surface area contributed by atoms with Crippen LogP contribution in [0, 0.1) is 10.1 Å². The van der Waals surface area contributed by atoms with Gasteiger partial charge in [0.25, 0.3) is 11.6 Å². The van der Waals surface area contributed by atoms with Crippen LogP contribution in [0.1, 0.15) is 11.1 Å². The Balaban J connectivity index is 1.83. The van der Waals surface area contributed by atoms with Crippen molar-refractivity contribution < 1.29 is 22.9 Å². The number of rotatable bonds is 3. The molecule has 1 N–H and O–H groups in total. The minimum absolute atomic E-state index is 0.0175. The third kappa shape index (κ3) is 4.52. The molecule has 1 aliphatic heterocycles. The third-order valence-electron chi connectivity index (χ3n) is 3.54. The summed E-state index contributed by atoms with van der Waals surface area (Å²) in [7, 11) is 0. The third-order valence-corrected chi connectivity index (χ3v) is 4.78. The van der Waals surface area contributed by atoms with Crippen LogP contribution in [0.2, 0.25) is 5.02 Å². The summed E-state index contributed by atoms with van der Waals surface area (Å²) in [6, 6.07) is 8.72. The van der Waals surface area contributed by atoms with Gasteiger partial charge in [0.05, 0.1) is 26.1 Å². The molecule has 0 bridgehead atoms. The predicted octanol–water partition coefficient (Wildman–Crippen LogP) is 5.16. The SMILES string of the molecule is O=C1NC(=Nc2ccc(Cl)c(C(F)(F)F)c2)SC1=Cc1ccc([N+](=O)[O-])cc1. The van der Waals surface area contributed by atoms with Crippen LogP contribution >= 0.6 is 23.4 Å². The molecule has 1 fully saturated rings. The van der Waals surface area contributed by atoms with E-state index in [1.807, 2.05) is 0 Å². The number of benzene rings is 2. The van der Waals surface area contributed by atoms with Crippen molar-refractivity contribution in [2.24, 2.45) is 4.99 Å². The maximum atomic E-state index is 12.9. The number of hydrogen-bond acceptors (Lipinski definition) is 5. The van der Waals surface area contributed by atoms with E-state index in [-0.39, 0.29) is 21.4 Å². The maximum Gasteiger partial charge on any atom is 0.417 e. The minimum Gasteiger partial charge on any atom is -0.300 e. The Hall–Kier alpha value is -2.85. The van der Waals surface area contributed by atoms with Crippen LogP contribution in [-0.4, -0.2) is 16.0 Å². The summed E-state index contributed by atoms with van der Waals surface area (Å²) in [5, 5.41) is 12.8. The molecule has 0 spiro atoms. The van der Waals surface area contributed by atoms with Gasteiger partial charge in [-0.25, -0.2) is 4.99 Å². The molecule has 28 heavy (non-hydrogen) atoms. The molecule has 0 aromatic heterocycles. The Morgan fingerprint density at radius 1 is 1.18 bits per heavy atom. The molecule has 1 heterocycles.